The standard InChI is InChI=1S/C18H22N2O4S/c21-17(7-8-19-18(22)16-6-2-10-24-16)20(12-14-4-1-9-23-14)13-15-5-3-11-25-15/h2-3,5-6,10-11,14H,1,4,7-9,12-13H2,(H,19,22). The van der Waals surface area contributed by atoms with Gasteiger partial charge in [0.2, 0.25) is 5.91 Å². The molecule has 1 aliphatic rings. The maximum atomic E-state index is 12.6. The third-order valence-corrected chi connectivity index (χ3v) is 4.96. The van der Waals surface area contributed by atoms with Crippen LogP contribution in [0.1, 0.15) is 34.7 Å². The van der Waals surface area contributed by atoms with Crippen LogP contribution in [0.2, 0.25) is 0 Å². The zero-order chi connectivity index (χ0) is 17.5. The lowest BCUT2D eigenvalue weighted by atomic mass is 10.2. The van der Waals surface area contributed by atoms with E-state index in [0.717, 1.165) is 24.3 Å². The molecule has 1 unspecified atom stereocenters. The molecule has 1 saturated heterocycles. The number of nitrogens with zero attached hydrogens (tertiary/aromatic N) is 1. The number of carbonyl (C=O) groups is 2. The summed E-state index contributed by atoms with van der Waals surface area (Å²) in [6.45, 7) is 2.24. The number of hydrogen-bond donors (Lipinski definition) is 1. The highest BCUT2D eigenvalue weighted by atomic mass is 32.1. The number of nitrogens with one attached hydrogen (secondary N) is 1. The Morgan fingerprint density at radius 1 is 1.32 bits per heavy atom. The Morgan fingerprint density at radius 2 is 2.24 bits per heavy atom. The average molecular weight is 362 g/mol. The van der Waals surface area contributed by atoms with Crippen LogP contribution in [0.4, 0.5) is 0 Å². The molecule has 3 heterocycles. The number of amides is 2. The lowest BCUT2D eigenvalue weighted by Gasteiger charge is -2.25. The first-order chi connectivity index (χ1) is 12.2. The molecule has 1 N–H and O–H groups in total. The fraction of sp³-hybridized carbons (Fsp3) is 0.444. The summed E-state index contributed by atoms with van der Waals surface area (Å²) < 4.78 is 10.7. The van der Waals surface area contributed by atoms with Crippen LogP contribution < -0.4 is 5.32 Å². The largest absolute Gasteiger partial charge is 0.459 e. The van der Waals surface area contributed by atoms with Crippen LogP contribution in [0.25, 0.3) is 0 Å². The SMILES string of the molecule is O=C(NCCC(=O)N(Cc1cccs1)CC1CCCO1)c1ccco1. The predicted molar refractivity (Wildman–Crippen MR) is 94.4 cm³/mol. The molecule has 1 aliphatic heterocycles. The van der Waals surface area contributed by atoms with Crippen molar-refractivity contribution in [3.8, 4) is 0 Å². The maximum Gasteiger partial charge on any atom is 0.286 e. The second-order valence-electron chi connectivity index (χ2n) is 5.97. The molecule has 0 spiro atoms. The Bertz CT molecular complexity index is 663. The molecule has 2 amide bonds. The third kappa shape index (κ3) is 5.17. The van der Waals surface area contributed by atoms with E-state index in [9.17, 15) is 9.59 Å². The zero-order valence-corrected chi connectivity index (χ0v) is 14.8. The van der Waals surface area contributed by atoms with Gasteiger partial charge in [0.25, 0.3) is 5.91 Å². The van der Waals surface area contributed by atoms with Gasteiger partial charge in [0.15, 0.2) is 5.76 Å². The van der Waals surface area contributed by atoms with E-state index in [1.807, 2.05) is 22.4 Å². The zero-order valence-electron chi connectivity index (χ0n) is 14.0. The van der Waals surface area contributed by atoms with Crippen molar-refractivity contribution in [3.05, 3.63) is 46.5 Å². The van der Waals surface area contributed by atoms with Crippen molar-refractivity contribution in [3.63, 3.8) is 0 Å². The van der Waals surface area contributed by atoms with E-state index in [1.165, 1.54) is 6.26 Å². The Balaban J connectivity index is 1.51. The molecular weight excluding hydrogens is 340 g/mol. The topological polar surface area (TPSA) is 71.8 Å². The first-order valence-corrected chi connectivity index (χ1v) is 9.34. The molecule has 1 atom stereocenters. The predicted octanol–water partition coefficient (Wildman–Crippen LogP) is 2.67. The minimum Gasteiger partial charge on any atom is -0.459 e. The molecule has 0 bridgehead atoms. The van der Waals surface area contributed by atoms with Gasteiger partial charge in [0, 0.05) is 31.0 Å². The minimum absolute atomic E-state index is 0.0173. The van der Waals surface area contributed by atoms with Crippen LogP contribution in [0, 0.1) is 0 Å². The van der Waals surface area contributed by atoms with Crippen LogP contribution in [0.3, 0.4) is 0 Å². The Labute approximate surface area is 150 Å². The molecule has 1 fully saturated rings. The first-order valence-electron chi connectivity index (χ1n) is 8.46. The van der Waals surface area contributed by atoms with Gasteiger partial charge in [-0.1, -0.05) is 6.07 Å². The monoisotopic (exact) mass is 362 g/mol. The second-order valence-corrected chi connectivity index (χ2v) is 7.00. The number of furan rings is 1. The highest BCUT2D eigenvalue weighted by Gasteiger charge is 2.23. The minimum atomic E-state index is -0.304. The van der Waals surface area contributed by atoms with Gasteiger partial charge >= 0.3 is 0 Å². The average Bonchev–Trinajstić information content (AvgIpc) is 3.37. The Morgan fingerprint density at radius 3 is 2.92 bits per heavy atom. The molecular formula is C18H22N2O4S. The van der Waals surface area contributed by atoms with Crippen molar-refractivity contribution in [1.82, 2.24) is 10.2 Å². The van der Waals surface area contributed by atoms with Gasteiger partial charge in [-0.15, -0.1) is 11.3 Å². The quantitative estimate of drug-likeness (QED) is 0.784. The number of thiophene rings is 1. The van der Waals surface area contributed by atoms with Crippen molar-refractivity contribution in [1.29, 1.82) is 0 Å². The summed E-state index contributed by atoms with van der Waals surface area (Å²) in [5.41, 5.74) is 0. The lowest BCUT2D eigenvalue weighted by Crippen LogP contribution is -2.38. The van der Waals surface area contributed by atoms with Crippen LogP contribution >= 0.6 is 11.3 Å². The van der Waals surface area contributed by atoms with Crippen molar-refractivity contribution in [2.45, 2.75) is 31.9 Å². The number of ether oxygens (including phenoxy) is 1. The molecule has 0 aromatic carbocycles. The second kappa shape index (κ2) is 8.82. The molecule has 134 valence electrons. The number of carbonyl (C=O) groups excluding carboxylic acids is 2. The Hall–Kier alpha value is -2.12. The van der Waals surface area contributed by atoms with Crippen molar-refractivity contribution in [2.75, 3.05) is 19.7 Å². The van der Waals surface area contributed by atoms with Gasteiger partial charge in [0.1, 0.15) is 0 Å². The number of hydrogen-bond acceptors (Lipinski definition) is 5. The van der Waals surface area contributed by atoms with E-state index in [-0.39, 0.29) is 36.6 Å². The highest BCUT2D eigenvalue weighted by molar-refractivity contribution is 7.09. The van der Waals surface area contributed by atoms with Crippen molar-refractivity contribution >= 4 is 23.2 Å². The molecule has 7 heteroatoms. The molecule has 25 heavy (non-hydrogen) atoms. The van der Waals surface area contributed by atoms with Gasteiger partial charge in [-0.2, -0.15) is 0 Å². The summed E-state index contributed by atoms with van der Waals surface area (Å²) in [5.74, 6) is -0.0346. The normalized spacial score (nSPS) is 16.7. The molecule has 2 aromatic heterocycles. The molecule has 6 nitrogen and oxygen atoms in total. The van der Waals surface area contributed by atoms with E-state index in [4.69, 9.17) is 9.15 Å². The fourth-order valence-electron chi connectivity index (χ4n) is 2.82. The molecule has 0 aliphatic carbocycles. The summed E-state index contributed by atoms with van der Waals surface area (Å²) in [4.78, 5) is 27.4. The van der Waals surface area contributed by atoms with Crippen molar-refractivity contribution in [2.24, 2.45) is 0 Å². The van der Waals surface area contributed by atoms with E-state index in [0.29, 0.717) is 13.1 Å². The van der Waals surface area contributed by atoms with Crippen LogP contribution in [-0.2, 0) is 16.1 Å². The van der Waals surface area contributed by atoms with E-state index < -0.39 is 0 Å². The summed E-state index contributed by atoms with van der Waals surface area (Å²) in [6, 6.07) is 7.26. The molecule has 2 aromatic rings. The Kier molecular flexibility index (Phi) is 6.25. The first kappa shape index (κ1) is 17.7. The fourth-order valence-corrected chi connectivity index (χ4v) is 3.53. The summed E-state index contributed by atoms with van der Waals surface area (Å²) in [7, 11) is 0. The van der Waals surface area contributed by atoms with Gasteiger partial charge in [-0.05, 0) is 36.4 Å². The summed E-state index contributed by atoms with van der Waals surface area (Å²) in [5, 5.41) is 4.72. The molecule has 3 rings (SSSR count). The molecule has 0 radical (unpaired) electrons. The highest BCUT2D eigenvalue weighted by Crippen LogP contribution is 2.17. The smallest absolute Gasteiger partial charge is 0.286 e. The maximum absolute atomic E-state index is 12.6. The van der Waals surface area contributed by atoms with Crippen LogP contribution in [-0.4, -0.2) is 42.5 Å². The van der Waals surface area contributed by atoms with Crippen molar-refractivity contribution < 1.29 is 18.7 Å². The van der Waals surface area contributed by atoms with Gasteiger partial charge in [0.05, 0.1) is 18.9 Å². The third-order valence-electron chi connectivity index (χ3n) is 4.10. The summed E-state index contributed by atoms with van der Waals surface area (Å²) in [6.07, 6.45) is 3.85. The molecule has 0 saturated carbocycles. The van der Waals surface area contributed by atoms with E-state index in [1.54, 1.807) is 23.5 Å². The van der Waals surface area contributed by atoms with E-state index >= 15 is 0 Å². The number of rotatable bonds is 8. The van der Waals surface area contributed by atoms with Crippen LogP contribution in [0.5, 0.6) is 0 Å². The van der Waals surface area contributed by atoms with Crippen LogP contribution in [0.15, 0.2) is 40.3 Å². The van der Waals surface area contributed by atoms with Gasteiger partial charge < -0.3 is 19.4 Å². The van der Waals surface area contributed by atoms with Gasteiger partial charge in [-0.25, -0.2) is 0 Å². The van der Waals surface area contributed by atoms with E-state index in [2.05, 4.69) is 5.32 Å². The summed E-state index contributed by atoms with van der Waals surface area (Å²) >= 11 is 1.64. The lowest BCUT2D eigenvalue weighted by molar-refractivity contribution is -0.133. The van der Waals surface area contributed by atoms with Gasteiger partial charge in [-0.3, -0.25) is 9.59 Å².